The van der Waals surface area contributed by atoms with E-state index in [0.717, 1.165) is 5.75 Å². The number of hydrogen-bond acceptors (Lipinski definition) is 4. The predicted molar refractivity (Wildman–Crippen MR) is 79.0 cm³/mol. The molecule has 0 aliphatic rings. The van der Waals surface area contributed by atoms with E-state index in [1.807, 2.05) is 13.2 Å². The summed E-state index contributed by atoms with van der Waals surface area (Å²) in [5, 5.41) is 12.7. The van der Waals surface area contributed by atoms with E-state index in [-0.39, 0.29) is 12.5 Å². The van der Waals surface area contributed by atoms with E-state index < -0.39 is 5.60 Å². The lowest BCUT2D eigenvalue weighted by Crippen LogP contribution is -2.42. The van der Waals surface area contributed by atoms with Crippen molar-refractivity contribution < 1.29 is 14.6 Å². The first-order valence-corrected chi connectivity index (χ1v) is 7.60. The summed E-state index contributed by atoms with van der Waals surface area (Å²) in [6.45, 7) is 4.46. The first-order valence-electron chi connectivity index (χ1n) is 6.21. The standard InChI is InChI=1S/C14H21NO3S/c1-4-18-12-7-5-11(6-8-12)13(16)15-9-14(2,17)10-19-3/h5-8,17H,4,9-10H2,1-3H3,(H,15,16). The molecular formula is C14H21NO3S. The lowest BCUT2D eigenvalue weighted by molar-refractivity contribution is 0.0725. The topological polar surface area (TPSA) is 58.6 Å². The lowest BCUT2D eigenvalue weighted by atomic mass is 10.1. The molecule has 0 saturated heterocycles. The summed E-state index contributed by atoms with van der Waals surface area (Å²) in [6.07, 6.45) is 1.92. The van der Waals surface area contributed by atoms with Crippen LogP contribution in [0.2, 0.25) is 0 Å². The Bertz CT molecular complexity index is 404. The molecule has 0 aliphatic carbocycles. The number of aliphatic hydroxyl groups is 1. The second-order valence-electron chi connectivity index (χ2n) is 4.57. The Labute approximate surface area is 118 Å². The van der Waals surface area contributed by atoms with Gasteiger partial charge in [-0.3, -0.25) is 4.79 Å². The van der Waals surface area contributed by atoms with Crippen LogP contribution in [0.1, 0.15) is 24.2 Å². The SMILES string of the molecule is CCOc1ccc(C(=O)NCC(C)(O)CSC)cc1. The largest absolute Gasteiger partial charge is 0.494 e. The second-order valence-corrected chi connectivity index (χ2v) is 5.44. The smallest absolute Gasteiger partial charge is 0.251 e. The first-order chi connectivity index (χ1) is 8.98. The molecule has 0 aromatic heterocycles. The van der Waals surface area contributed by atoms with Gasteiger partial charge in [-0.2, -0.15) is 11.8 Å². The summed E-state index contributed by atoms with van der Waals surface area (Å²) >= 11 is 1.55. The van der Waals surface area contributed by atoms with Gasteiger partial charge in [0.05, 0.1) is 12.2 Å². The van der Waals surface area contributed by atoms with Crippen LogP contribution in [-0.4, -0.2) is 41.8 Å². The number of ether oxygens (including phenoxy) is 1. The van der Waals surface area contributed by atoms with Gasteiger partial charge < -0.3 is 15.2 Å². The van der Waals surface area contributed by atoms with Gasteiger partial charge in [-0.15, -0.1) is 0 Å². The molecule has 0 radical (unpaired) electrons. The van der Waals surface area contributed by atoms with Gasteiger partial charge in [-0.25, -0.2) is 0 Å². The fourth-order valence-corrected chi connectivity index (χ4v) is 2.33. The van der Waals surface area contributed by atoms with E-state index in [2.05, 4.69) is 5.32 Å². The summed E-state index contributed by atoms with van der Waals surface area (Å²) < 4.78 is 5.31. The van der Waals surface area contributed by atoms with Crippen LogP contribution < -0.4 is 10.1 Å². The highest BCUT2D eigenvalue weighted by Gasteiger charge is 2.20. The van der Waals surface area contributed by atoms with E-state index in [0.29, 0.717) is 17.9 Å². The zero-order valence-corrected chi connectivity index (χ0v) is 12.4. The minimum Gasteiger partial charge on any atom is -0.494 e. The molecule has 106 valence electrons. The molecule has 0 fully saturated rings. The van der Waals surface area contributed by atoms with Crippen LogP contribution in [-0.2, 0) is 0 Å². The normalized spacial score (nSPS) is 13.7. The maximum atomic E-state index is 11.9. The Kier molecular flexibility index (Phi) is 6.18. The molecule has 5 heteroatoms. The van der Waals surface area contributed by atoms with Crippen LogP contribution in [0.15, 0.2) is 24.3 Å². The van der Waals surface area contributed by atoms with Crippen LogP contribution in [0.25, 0.3) is 0 Å². The highest BCUT2D eigenvalue weighted by atomic mass is 32.2. The number of rotatable bonds is 7. The number of benzene rings is 1. The third-order valence-corrected chi connectivity index (χ3v) is 3.42. The van der Waals surface area contributed by atoms with Gasteiger partial charge in [0.1, 0.15) is 5.75 Å². The van der Waals surface area contributed by atoms with Crippen LogP contribution in [0, 0.1) is 0 Å². The Morgan fingerprint density at radius 1 is 1.42 bits per heavy atom. The van der Waals surface area contributed by atoms with E-state index >= 15 is 0 Å². The minimum absolute atomic E-state index is 0.190. The van der Waals surface area contributed by atoms with E-state index in [1.54, 1.807) is 43.0 Å². The van der Waals surface area contributed by atoms with E-state index in [4.69, 9.17) is 4.74 Å². The van der Waals surface area contributed by atoms with Crippen LogP contribution in [0.5, 0.6) is 5.75 Å². The molecule has 19 heavy (non-hydrogen) atoms. The molecule has 0 aliphatic heterocycles. The number of hydrogen-bond donors (Lipinski definition) is 2. The van der Waals surface area contributed by atoms with Gasteiger partial charge >= 0.3 is 0 Å². The summed E-state index contributed by atoms with van der Waals surface area (Å²) in [4.78, 5) is 11.9. The van der Waals surface area contributed by atoms with E-state index in [9.17, 15) is 9.90 Å². The molecule has 1 aromatic rings. The Morgan fingerprint density at radius 3 is 2.58 bits per heavy atom. The van der Waals surface area contributed by atoms with Crippen LogP contribution in [0.4, 0.5) is 0 Å². The van der Waals surface area contributed by atoms with Crippen molar-refractivity contribution in [3.8, 4) is 5.75 Å². The summed E-state index contributed by atoms with van der Waals surface area (Å²) in [7, 11) is 0. The second kappa shape index (κ2) is 7.40. The van der Waals surface area contributed by atoms with Crippen molar-refractivity contribution in [1.29, 1.82) is 0 Å². The number of carbonyl (C=O) groups excluding carboxylic acids is 1. The van der Waals surface area contributed by atoms with Gasteiger partial charge in [0.15, 0.2) is 0 Å². The molecular weight excluding hydrogens is 262 g/mol. The monoisotopic (exact) mass is 283 g/mol. The molecule has 1 aromatic carbocycles. The third-order valence-electron chi connectivity index (χ3n) is 2.51. The number of amides is 1. The Morgan fingerprint density at radius 2 is 2.05 bits per heavy atom. The molecule has 0 spiro atoms. The molecule has 0 heterocycles. The summed E-state index contributed by atoms with van der Waals surface area (Å²) in [6, 6.07) is 6.95. The quantitative estimate of drug-likeness (QED) is 0.803. The fourth-order valence-electron chi connectivity index (χ4n) is 1.60. The third kappa shape index (κ3) is 5.53. The maximum Gasteiger partial charge on any atom is 0.251 e. The van der Waals surface area contributed by atoms with Crippen molar-refractivity contribution in [3.05, 3.63) is 29.8 Å². The van der Waals surface area contributed by atoms with Gasteiger partial charge in [-0.1, -0.05) is 0 Å². The molecule has 4 nitrogen and oxygen atoms in total. The van der Waals surface area contributed by atoms with E-state index in [1.165, 1.54) is 0 Å². The van der Waals surface area contributed by atoms with Crippen molar-refractivity contribution in [2.75, 3.05) is 25.2 Å². The molecule has 0 bridgehead atoms. The molecule has 1 atom stereocenters. The van der Waals surface area contributed by atoms with Gasteiger partial charge in [0, 0.05) is 17.9 Å². The lowest BCUT2D eigenvalue weighted by Gasteiger charge is -2.22. The van der Waals surface area contributed by atoms with Crippen molar-refractivity contribution >= 4 is 17.7 Å². The zero-order valence-electron chi connectivity index (χ0n) is 11.6. The Balaban J connectivity index is 2.53. The molecule has 2 N–H and O–H groups in total. The highest BCUT2D eigenvalue weighted by molar-refractivity contribution is 7.98. The van der Waals surface area contributed by atoms with Crippen molar-refractivity contribution in [1.82, 2.24) is 5.32 Å². The average molecular weight is 283 g/mol. The van der Waals surface area contributed by atoms with Crippen molar-refractivity contribution in [3.63, 3.8) is 0 Å². The summed E-state index contributed by atoms with van der Waals surface area (Å²) in [5.74, 6) is 1.13. The Hall–Kier alpha value is -1.20. The van der Waals surface area contributed by atoms with Gasteiger partial charge in [0.25, 0.3) is 5.91 Å². The molecule has 1 unspecified atom stereocenters. The number of carbonyl (C=O) groups is 1. The fraction of sp³-hybridized carbons (Fsp3) is 0.500. The van der Waals surface area contributed by atoms with Crippen LogP contribution in [0.3, 0.4) is 0 Å². The highest BCUT2D eigenvalue weighted by Crippen LogP contribution is 2.13. The van der Waals surface area contributed by atoms with Crippen molar-refractivity contribution in [2.45, 2.75) is 19.4 Å². The first kappa shape index (κ1) is 15.9. The van der Waals surface area contributed by atoms with Gasteiger partial charge in [0.2, 0.25) is 0 Å². The van der Waals surface area contributed by atoms with Crippen molar-refractivity contribution in [2.24, 2.45) is 0 Å². The molecule has 1 rings (SSSR count). The predicted octanol–water partition coefficient (Wildman–Crippen LogP) is 1.93. The van der Waals surface area contributed by atoms with Gasteiger partial charge in [-0.05, 0) is 44.4 Å². The molecule has 1 amide bonds. The minimum atomic E-state index is -0.889. The molecule has 0 saturated carbocycles. The average Bonchev–Trinajstić information content (AvgIpc) is 2.37. The number of nitrogens with one attached hydrogen (secondary N) is 1. The maximum absolute atomic E-state index is 11.9. The van der Waals surface area contributed by atoms with Crippen LogP contribution >= 0.6 is 11.8 Å². The zero-order chi connectivity index (χ0) is 14.3. The summed E-state index contributed by atoms with van der Waals surface area (Å²) in [5.41, 5.74) is -0.330. The number of thioether (sulfide) groups is 1.